The number of carbonyl (C=O) groups excluding carboxylic acids is 1. The molecule has 4 rings (SSSR count). The minimum atomic E-state index is -0.440. The van der Waals surface area contributed by atoms with Crippen LogP contribution in [0.5, 0.6) is 5.75 Å². The number of nitrogens with two attached hydrogens (primary N) is 1. The van der Waals surface area contributed by atoms with E-state index in [0.29, 0.717) is 24.2 Å². The number of hydrogen-bond acceptors (Lipinski definition) is 5. The standard InChI is InChI=1S/C19H26N2O4/c20-18(22)15-4-1-5-17-16(15)12-24-19(25-17)13-6-8-21(9-7-13)11-14-3-2-10-23-14/h1,4-5,13-14,19H,2-3,6-12H2,(H2,20,22). The van der Waals surface area contributed by atoms with E-state index in [0.717, 1.165) is 50.4 Å². The van der Waals surface area contributed by atoms with Crippen LogP contribution in [0.4, 0.5) is 0 Å². The van der Waals surface area contributed by atoms with Gasteiger partial charge in [-0.3, -0.25) is 4.79 Å². The molecule has 1 aromatic rings. The Kier molecular flexibility index (Phi) is 4.92. The Hall–Kier alpha value is -1.63. The van der Waals surface area contributed by atoms with E-state index < -0.39 is 5.91 Å². The molecule has 0 radical (unpaired) electrons. The van der Waals surface area contributed by atoms with E-state index >= 15 is 0 Å². The summed E-state index contributed by atoms with van der Waals surface area (Å²) in [5, 5.41) is 0. The number of nitrogens with zero attached hydrogens (tertiary/aromatic N) is 1. The number of fused-ring (bicyclic) bond motifs is 1. The average Bonchev–Trinajstić information content (AvgIpc) is 3.14. The number of piperidine rings is 1. The maximum absolute atomic E-state index is 11.5. The highest BCUT2D eigenvalue weighted by Gasteiger charge is 2.33. The predicted molar refractivity (Wildman–Crippen MR) is 92.3 cm³/mol. The zero-order valence-electron chi connectivity index (χ0n) is 14.5. The van der Waals surface area contributed by atoms with Crippen molar-refractivity contribution < 1.29 is 19.0 Å². The number of hydrogen-bond donors (Lipinski definition) is 1. The Morgan fingerprint density at radius 3 is 2.76 bits per heavy atom. The van der Waals surface area contributed by atoms with E-state index in [-0.39, 0.29) is 6.29 Å². The molecule has 2 unspecified atom stereocenters. The van der Waals surface area contributed by atoms with E-state index in [1.54, 1.807) is 6.07 Å². The Morgan fingerprint density at radius 2 is 2.04 bits per heavy atom. The van der Waals surface area contributed by atoms with Crippen molar-refractivity contribution in [1.29, 1.82) is 0 Å². The van der Waals surface area contributed by atoms with Gasteiger partial charge in [0.05, 0.1) is 12.7 Å². The van der Waals surface area contributed by atoms with Crippen molar-refractivity contribution in [1.82, 2.24) is 4.90 Å². The van der Waals surface area contributed by atoms with Gasteiger partial charge in [-0.25, -0.2) is 0 Å². The molecule has 0 aromatic heterocycles. The number of likely N-dealkylation sites (tertiary alicyclic amines) is 1. The van der Waals surface area contributed by atoms with Gasteiger partial charge in [0, 0.05) is 30.2 Å². The van der Waals surface area contributed by atoms with Gasteiger partial charge in [-0.05, 0) is 50.9 Å². The molecule has 2 saturated heterocycles. The minimum Gasteiger partial charge on any atom is -0.464 e. The zero-order chi connectivity index (χ0) is 17.2. The fourth-order valence-corrected chi connectivity index (χ4v) is 4.10. The SMILES string of the molecule is NC(=O)c1cccc2c1COC(C1CCN(CC3CCCO3)CC1)O2. The van der Waals surface area contributed by atoms with Gasteiger partial charge in [-0.15, -0.1) is 0 Å². The summed E-state index contributed by atoms with van der Waals surface area (Å²) in [4.78, 5) is 14.0. The first-order valence-electron chi connectivity index (χ1n) is 9.24. The van der Waals surface area contributed by atoms with Gasteiger partial charge < -0.3 is 24.8 Å². The molecule has 3 aliphatic rings. The number of benzene rings is 1. The number of ether oxygens (including phenoxy) is 3. The smallest absolute Gasteiger partial charge is 0.249 e. The monoisotopic (exact) mass is 346 g/mol. The van der Waals surface area contributed by atoms with Crippen LogP contribution in [-0.4, -0.2) is 49.4 Å². The largest absolute Gasteiger partial charge is 0.464 e. The van der Waals surface area contributed by atoms with Crippen LogP contribution in [0.3, 0.4) is 0 Å². The Morgan fingerprint density at radius 1 is 1.20 bits per heavy atom. The molecule has 1 aromatic carbocycles. The lowest BCUT2D eigenvalue weighted by molar-refractivity contribution is -0.150. The van der Waals surface area contributed by atoms with Gasteiger partial charge in [0.25, 0.3) is 0 Å². The average molecular weight is 346 g/mol. The molecule has 3 aliphatic heterocycles. The quantitative estimate of drug-likeness (QED) is 0.901. The van der Waals surface area contributed by atoms with Crippen LogP contribution in [0.2, 0.25) is 0 Å². The van der Waals surface area contributed by atoms with E-state index in [4.69, 9.17) is 19.9 Å². The van der Waals surface area contributed by atoms with Gasteiger partial charge in [0.1, 0.15) is 5.75 Å². The molecule has 2 N–H and O–H groups in total. The summed E-state index contributed by atoms with van der Waals surface area (Å²) in [6.07, 6.45) is 4.67. The highest BCUT2D eigenvalue weighted by atomic mass is 16.7. The number of carbonyl (C=O) groups is 1. The molecule has 0 spiro atoms. The summed E-state index contributed by atoms with van der Waals surface area (Å²) in [6.45, 7) is 4.46. The molecule has 2 atom stereocenters. The van der Waals surface area contributed by atoms with Crippen LogP contribution in [0.15, 0.2) is 18.2 Å². The summed E-state index contributed by atoms with van der Waals surface area (Å²) in [6, 6.07) is 5.42. The Bertz CT molecular complexity index is 622. The topological polar surface area (TPSA) is 74.0 Å². The van der Waals surface area contributed by atoms with Crippen molar-refractivity contribution in [3.63, 3.8) is 0 Å². The van der Waals surface area contributed by atoms with Crippen molar-refractivity contribution in [2.75, 3.05) is 26.2 Å². The molecule has 136 valence electrons. The minimum absolute atomic E-state index is 0.236. The first-order chi connectivity index (χ1) is 12.2. The highest BCUT2D eigenvalue weighted by molar-refractivity contribution is 5.95. The second kappa shape index (κ2) is 7.32. The van der Waals surface area contributed by atoms with Crippen LogP contribution in [0.25, 0.3) is 0 Å². The number of rotatable bonds is 4. The summed E-state index contributed by atoms with van der Waals surface area (Å²) >= 11 is 0. The van der Waals surface area contributed by atoms with Gasteiger partial charge in [-0.2, -0.15) is 0 Å². The molecule has 25 heavy (non-hydrogen) atoms. The van der Waals surface area contributed by atoms with Crippen LogP contribution < -0.4 is 10.5 Å². The molecule has 0 bridgehead atoms. The highest BCUT2D eigenvalue weighted by Crippen LogP contribution is 2.34. The van der Waals surface area contributed by atoms with Crippen LogP contribution >= 0.6 is 0 Å². The third-order valence-electron chi connectivity index (χ3n) is 5.54. The van der Waals surface area contributed by atoms with Crippen molar-refractivity contribution in [2.24, 2.45) is 11.7 Å². The maximum Gasteiger partial charge on any atom is 0.249 e. The van der Waals surface area contributed by atoms with E-state index in [9.17, 15) is 4.79 Å². The molecular formula is C19H26N2O4. The Balaban J connectivity index is 1.34. The third-order valence-corrected chi connectivity index (χ3v) is 5.54. The van der Waals surface area contributed by atoms with Gasteiger partial charge in [0.15, 0.2) is 0 Å². The van der Waals surface area contributed by atoms with Gasteiger partial charge in [-0.1, -0.05) is 6.07 Å². The van der Waals surface area contributed by atoms with Crippen molar-refractivity contribution in [3.05, 3.63) is 29.3 Å². The fraction of sp³-hybridized carbons (Fsp3) is 0.632. The summed E-state index contributed by atoms with van der Waals surface area (Å²) in [5.74, 6) is 0.672. The zero-order valence-corrected chi connectivity index (χ0v) is 14.5. The molecule has 3 heterocycles. The van der Waals surface area contributed by atoms with Crippen molar-refractivity contribution >= 4 is 5.91 Å². The van der Waals surface area contributed by atoms with Gasteiger partial charge >= 0.3 is 0 Å². The molecule has 0 saturated carbocycles. The molecule has 6 heteroatoms. The number of amides is 1. The molecule has 6 nitrogen and oxygen atoms in total. The van der Waals surface area contributed by atoms with Crippen LogP contribution in [0.1, 0.15) is 41.6 Å². The molecule has 1 amide bonds. The molecule has 0 aliphatic carbocycles. The lowest BCUT2D eigenvalue weighted by Gasteiger charge is -2.38. The summed E-state index contributed by atoms with van der Waals surface area (Å²) in [5.41, 5.74) is 6.69. The first-order valence-corrected chi connectivity index (χ1v) is 9.24. The third kappa shape index (κ3) is 3.66. The summed E-state index contributed by atoms with van der Waals surface area (Å²) in [7, 11) is 0. The second-order valence-corrected chi connectivity index (χ2v) is 7.22. The lowest BCUT2D eigenvalue weighted by atomic mass is 9.95. The maximum atomic E-state index is 11.5. The lowest BCUT2D eigenvalue weighted by Crippen LogP contribution is -2.44. The molecular weight excluding hydrogens is 320 g/mol. The predicted octanol–water partition coefficient (Wildman–Crippen LogP) is 1.91. The van der Waals surface area contributed by atoms with Crippen molar-refractivity contribution in [3.8, 4) is 5.75 Å². The van der Waals surface area contributed by atoms with Crippen molar-refractivity contribution in [2.45, 2.75) is 44.7 Å². The van der Waals surface area contributed by atoms with Crippen LogP contribution in [-0.2, 0) is 16.1 Å². The second-order valence-electron chi connectivity index (χ2n) is 7.22. The van der Waals surface area contributed by atoms with E-state index in [1.807, 2.05) is 12.1 Å². The normalized spacial score (nSPS) is 27.7. The first kappa shape index (κ1) is 16.8. The van der Waals surface area contributed by atoms with E-state index in [2.05, 4.69) is 4.90 Å². The summed E-state index contributed by atoms with van der Waals surface area (Å²) < 4.78 is 17.7. The Labute approximate surface area is 148 Å². The molecule has 2 fully saturated rings. The van der Waals surface area contributed by atoms with Crippen LogP contribution in [0, 0.1) is 5.92 Å². The van der Waals surface area contributed by atoms with E-state index in [1.165, 1.54) is 12.8 Å². The number of primary amides is 1. The van der Waals surface area contributed by atoms with Gasteiger partial charge in [0.2, 0.25) is 12.2 Å². The fourth-order valence-electron chi connectivity index (χ4n) is 4.10.